The van der Waals surface area contributed by atoms with Crippen molar-refractivity contribution in [3.05, 3.63) is 178 Å². The Balaban J connectivity index is 0.000000158. The van der Waals surface area contributed by atoms with E-state index in [1.54, 1.807) is 36.9 Å². The predicted molar refractivity (Wildman–Crippen MR) is 235 cm³/mol. The molecule has 0 spiro atoms. The van der Waals surface area contributed by atoms with Crippen molar-refractivity contribution < 1.29 is 8.78 Å². The lowest BCUT2D eigenvalue weighted by Crippen LogP contribution is -2.18. The van der Waals surface area contributed by atoms with E-state index in [4.69, 9.17) is 9.97 Å². The molecule has 0 N–H and O–H groups in total. The summed E-state index contributed by atoms with van der Waals surface area (Å²) in [6.45, 7) is 9.56. The number of nitrogens with zero attached hydrogens (tertiary/aromatic N) is 12. The van der Waals surface area contributed by atoms with Crippen LogP contribution in [0.15, 0.2) is 97.8 Å². The van der Waals surface area contributed by atoms with Gasteiger partial charge in [0.15, 0.2) is 11.6 Å². The van der Waals surface area contributed by atoms with Crippen LogP contribution in [0.4, 0.5) is 8.78 Å². The SMILES string of the molecule is Cc1cn(-c2ccc(/C=C/c3nc4n(n3)CCC[C@@H]4c3cccc(F)c3)nc2C)cn1.Cc1cn(-c2ccc(/C=C/c3nc4n(n3)CCC[C@H]4c3cccc(F)c3)nc2C)cn1. The maximum Gasteiger partial charge on any atom is 0.174 e. The number of rotatable bonds is 8. The standard InChI is InChI=1S/2C24H23FN6/c2*1-16-14-30(15-26-16)22-10-8-20(27-17(22)2)9-11-23-28-24-21(7-4-12-31(24)29-23)18-5-3-6-19(25)13-18/h2*3,5-6,8-11,13-15,21H,4,7,12H2,1-2H3/b2*11-9+/t2*21-/m10/s1. The Morgan fingerprint density at radius 1 is 0.548 bits per heavy atom. The first-order valence-electron chi connectivity index (χ1n) is 20.9. The van der Waals surface area contributed by atoms with Crippen molar-refractivity contribution in [3.8, 4) is 11.4 Å². The Labute approximate surface area is 358 Å². The average molecular weight is 829 g/mol. The zero-order chi connectivity index (χ0) is 42.7. The van der Waals surface area contributed by atoms with E-state index >= 15 is 0 Å². The Morgan fingerprint density at radius 2 is 1.00 bits per heavy atom. The molecule has 0 amide bonds. The van der Waals surface area contributed by atoms with E-state index < -0.39 is 0 Å². The van der Waals surface area contributed by atoms with Gasteiger partial charge in [-0.15, -0.1) is 0 Å². The molecule has 62 heavy (non-hydrogen) atoms. The lowest BCUT2D eigenvalue weighted by atomic mass is 9.91. The number of fused-ring (bicyclic) bond motifs is 2. The van der Waals surface area contributed by atoms with Crippen LogP contribution in [0.5, 0.6) is 0 Å². The first kappa shape index (κ1) is 40.2. The lowest BCUT2D eigenvalue weighted by molar-refractivity contribution is 0.444. The van der Waals surface area contributed by atoms with Gasteiger partial charge in [0.2, 0.25) is 0 Å². The molecule has 0 unspecified atom stereocenters. The van der Waals surface area contributed by atoms with Gasteiger partial charge >= 0.3 is 0 Å². The highest BCUT2D eigenvalue weighted by atomic mass is 19.1. The van der Waals surface area contributed by atoms with Crippen molar-refractivity contribution in [2.45, 2.75) is 78.3 Å². The second-order valence-corrected chi connectivity index (χ2v) is 15.8. The minimum absolute atomic E-state index is 0.0670. The van der Waals surface area contributed by atoms with Crippen LogP contribution in [0.2, 0.25) is 0 Å². The van der Waals surface area contributed by atoms with Crippen LogP contribution >= 0.6 is 0 Å². The zero-order valence-electron chi connectivity index (χ0n) is 35.1. The van der Waals surface area contributed by atoms with Crippen LogP contribution < -0.4 is 0 Å². The molecule has 0 saturated carbocycles. The topological polar surface area (TPSA) is 123 Å². The van der Waals surface area contributed by atoms with Crippen LogP contribution in [0, 0.1) is 39.3 Å². The highest BCUT2D eigenvalue weighted by Gasteiger charge is 2.27. The maximum atomic E-state index is 13.7. The van der Waals surface area contributed by atoms with Crippen LogP contribution in [-0.2, 0) is 13.1 Å². The van der Waals surface area contributed by atoms with Crippen molar-refractivity contribution in [1.29, 1.82) is 0 Å². The zero-order valence-corrected chi connectivity index (χ0v) is 35.1. The summed E-state index contributed by atoms with van der Waals surface area (Å²) in [5.74, 6) is 2.78. The van der Waals surface area contributed by atoms with Gasteiger partial charge in [-0.1, -0.05) is 24.3 Å². The number of hydrogen-bond acceptors (Lipinski definition) is 8. The second-order valence-electron chi connectivity index (χ2n) is 15.8. The van der Waals surface area contributed by atoms with Crippen molar-refractivity contribution in [1.82, 2.24) is 58.6 Å². The maximum absolute atomic E-state index is 13.7. The van der Waals surface area contributed by atoms with Crippen LogP contribution in [0.25, 0.3) is 35.7 Å². The van der Waals surface area contributed by atoms with E-state index in [2.05, 4.69) is 30.1 Å². The second kappa shape index (κ2) is 17.4. The van der Waals surface area contributed by atoms with E-state index in [1.165, 1.54) is 12.1 Å². The van der Waals surface area contributed by atoms with Gasteiger partial charge in [0.25, 0.3) is 0 Å². The molecule has 8 aromatic rings. The predicted octanol–water partition coefficient (Wildman–Crippen LogP) is 9.42. The van der Waals surface area contributed by atoms with Gasteiger partial charge in [0.05, 0.1) is 58.2 Å². The fourth-order valence-corrected chi connectivity index (χ4v) is 8.26. The number of aryl methyl sites for hydroxylation is 6. The summed E-state index contributed by atoms with van der Waals surface area (Å²) in [7, 11) is 0. The number of aromatic nitrogens is 12. The summed E-state index contributed by atoms with van der Waals surface area (Å²) in [6.07, 6.45) is 19.1. The minimum Gasteiger partial charge on any atom is -0.304 e. The lowest BCUT2D eigenvalue weighted by Gasteiger charge is -2.22. The Morgan fingerprint density at radius 3 is 1.39 bits per heavy atom. The van der Waals surface area contributed by atoms with E-state index in [1.807, 2.05) is 119 Å². The first-order valence-corrected chi connectivity index (χ1v) is 20.9. The van der Waals surface area contributed by atoms with Crippen LogP contribution in [0.3, 0.4) is 0 Å². The Kier molecular flexibility index (Phi) is 11.3. The average Bonchev–Trinajstić information content (AvgIpc) is 4.09. The van der Waals surface area contributed by atoms with Gasteiger partial charge in [-0.05, 0) is 137 Å². The molecule has 8 heterocycles. The van der Waals surface area contributed by atoms with Crippen molar-refractivity contribution in [3.63, 3.8) is 0 Å². The van der Waals surface area contributed by atoms with E-state index in [0.29, 0.717) is 11.6 Å². The third kappa shape index (κ3) is 8.80. The summed E-state index contributed by atoms with van der Waals surface area (Å²) in [5.41, 5.74) is 9.37. The quantitative estimate of drug-likeness (QED) is 0.149. The van der Waals surface area contributed by atoms with Crippen LogP contribution in [-0.4, -0.2) is 58.6 Å². The molecular formula is C48H46F2N12. The molecule has 6 aromatic heterocycles. The molecule has 0 bridgehead atoms. The number of imidazole rings is 2. The molecule has 10 rings (SSSR count). The van der Waals surface area contributed by atoms with E-state index in [-0.39, 0.29) is 23.5 Å². The third-order valence-corrected chi connectivity index (χ3v) is 11.2. The molecule has 0 radical (unpaired) electrons. The summed E-state index contributed by atoms with van der Waals surface area (Å²) >= 11 is 0. The van der Waals surface area contributed by atoms with E-state index in [0.717, 1.165) is 107 Å². The highest BCUT2D eigenvalue weighted by molar-refractivity contribution is 5.66. The molecule has 2 atom stereocenters. The van der Waals surface area contributed by atoms with Crippen molar-refractivity contribution in [2.24, 2.45) is 0 Å². The molecule has 2 aliphatic rings. The highest BCUT2D eigenvalue weighted by Crippen LogP contribution is 2.34. The van der Waals surface area contributed by atoms with Crippen molar-refractivity contribution >= 4 is 24.3 Å². The van der Waals surface area contributed by atoms with Gasteiger partial charge in [0, 0.05) is 37.3 Å². The summed E-state index contributed by atoms with van der Waals surface area (Å²) in [4.78, 5) is 27.4. The molecule has 12 nitrogen and oxygen atoms in total. The fourth-order valence-electron chi connectivity index (χ4n) is 8.26. The normalized spacial score (nSPS) is 16.0. The molecule has 0 aliphatic carbocycles. The fraction of sp³-hybridized carbons (Fsp3) is 0.250. The molecule has 2 aromatic carbocycles. The Bertz CT molecular complexity index is 2740. The van der Waals surface area contributed by atoms with Gasteiger partial charge in [-0.2, -0.15) is 10.2 Å². The number of pyridine rings is 2. The molecule has 14 heteroatoms. The minimum atomic E-state index is -0.218. The molecule has 0 fully saturated rings. The van der Waals surface area contributed by atoms with Crippen molar-refractivity contribution in [2.75, 3.05) is 0 Å². The number of benzene rings is 2. The Hall–Kier alpha value is -7.22. The smallest absolute Gasteiger partial charge is 0.174 e. The largest absolute Gasteiger partial charge is 0.304 e. The van der Waals surface area contributed by atoms with Crippen LogP contribution in [0.1, 0.15) is 106 Å². The number of hydrogen-bond donors (Lipinski definition) is 0. The number of halogens is 2. The summed E-state index contributed by atoms with van der Waals surface area (Å²) < 4.78 is 35.3. The monoisotopic (exact) mass is 828 g/mol. The summed E-state index contributed by atoms with van der Waals surface area (Å²) in [5, 5.41) is 9.28. The first-order chi connectivity index (χ1) is 30.1. The van der Waals surface area contributed by atoms with Gasteiger partial charge < -0.3 is 9.13 Å². The van der Waals surface area contributed by atoms with Gasteiger partial charge in [-0.3, -0.25) is 9.97 Å². The van der Waals surface area contributed by atoms with Gasteiger partial charge in [0.1, 0.15) is 23.3 Å². The molecule has 312 valence electrons. The van der Waals surface area contributed by atoms with Gasteiger partial charge in [-0.25, -0.2) is 38.1 Å². The molecular weight excluding hydrogens is 783 g/mol. The molecule has 2 aliphatic heterocycles. The van der Waals surface area contributed by atoms with E-state index in [9.17, 15) is 8.78 Å². The third-order valence-electron chi connectivity index (χ3n) is 11.2. The summed E-state index contributed by atoms with van der Waals surface area (Å²) in [6, 6.07) is 21.6. The molecule has 0 saturated heterocycles.